The number of amides is 2. The first-order chi connectivity index (χ1) is 11.0. The Morgan fingerprint density at radius 2 is 2.26 bits per heavy atom. The zero-order valence-electron chi connectivity index (χ0n) is 13.2. The molecule has 9 heteroatoms. The largest absolute Gasteiger partial charge is 0.497 e. The van der Waals surface area contributed by atoms with Gasteiger partial charge < -0.3 is 15.4 Å². The number of aromatic nitrogens is 4. The molecule has 1 heterocycles. The molecule has 0 bridgehead atoms. The van der Waals surface area contributed by atoms with Crippen molar-refractivity contribution in [3.63, 3.8) is 0 Å². The third kappa shape index (κ3) is 4.38. The number of benzene rings is 1. The molecule has 0 radical (unpaired) electrons. The molecule has 0 fully saturated rings. The summed E-state index contributed by atoms with van der Waals surface area (Å²) in [7, 11) is 3.17. The number of methoxy groups -OCH3 is 1. The number of hydrogen-bond donors (Lipinski definition) is 2. The molecule has 0 saturated heterocycles. The van der Waals surface area contributed by atoms with E-state index in [-0.39, 0.29) is 17.9 Å². The second-order valence-electron chi connectivity index (χ2n) is 4.99. The number of carbonyl (C=O) groups is 1. The van der Waals surface area contributed by atoms with Gasteiger partial charge in [-0.25, -0.2) is 13.9 Å². The van der Waals surface area contributed by atoms with E-state index >= 15 is 0 Å². The molecule has 2 rings (SSSR count). The second kappa shape index (κ2) is 7.52. The summed E-state index contributed by atoms with van der Waals surface area (Å²) in [6.07, 6.45) is 0.378. The Bertz CT molecular complexity index is 675. The molecule has 124 valence electrons. The summed E-state index contributed by atoms with van der Waals surface area (Å²) in [6.45, 7) is 2.08. The van der Waals surface area contributed by atoms with Gasteiger partial charge >= 0.3 is 6.03 Å². The van der Waals surface area contributed by atoms with Gasteiger partial charge in [-0.3, -0.25) is 0 Å². The molecule has 0 saturated carbocycles. The zero-order chi connectivity index (χ0) is 16.8. The van der Waals surface area contributed by atoms with E-state index in [9.17, 15) is 9.18 Å². The van der Waals surface area contributed by atoms with Crippen LogP contribution in [0.15, 0.2) is 18.2 Å². The van der Waals surface area contributed by atoms with E-state index in [2.05, 4.69) is 26.2 Å². The quantitative estimate of drug-likeness (QED) is 0.826. The predicted octanol–water partition coefficient (Wildman–Crippen LogP) is 0.961. The first-order valence-corrected chi connectivity index (χ1v) is 7.10. The van der Waals surface area contributed by atoms with Crippen molar-refractivity contribution in [2.24, 2.45) is 7.05 Å². The number of urea groups is 1. The monoisotopic (exact) mass is 322 g/mol. The highest BCUT2D eigenvalue weighted by molar-refractivity contribution is 5.74. The number of tetrazole rings is 1. The van der Waals surface area contributed by atoms with Gasteiger partial charge in [-0.05, 0) is 35.4 Å². The van der Waals surface area contributed by atoms with Gasteiger partial charge in [0.15, 0.2) is 5.82 Å². The minimum atomic E-state index is -0.366. The van der Waals surface area contributed by atoms with Crippen LogP contribution in [0.25, 0.3) is 0 Å². The van der Waals surface area contributed by atoms with E-state index in [0.29, 0.717) is 30.1 Å². The minimum Gasteiger partial charge on any atom is -0.497 e. The van der Waals surface area contributed by atoms with Crippen molar-refractivity contribution in [3.8, 4) is 5.75 Å². The van der Waals surface area contributed by atoms with Crippen molar-refractivity contribution in [1.82, 2.24) is 30.8 Å². The molecule has 2 amide bonds. The summed E-state index contributed by atoms with van der Waals surface area (Å²) in [5.41, 5.74) is 0.511. The number of ether oxygens (including phenoxy) is 1. The van der Waals surface area contributed by atoms with Crippen LogP contribution in [-0.4, -0.2) is 39.9 Å². The molecule has 0 spiro atoms. The number of hydrogen-bond acceptors (Lipinski definition) is 5. The number of carbonyl (C=O) groups excluding carboxylic acids is 1. The summed E-state index contributed by atoms with van der Waals surface area (Å²) < 4.78 is 20.2. The summed E-state index contributed by atoms with van der Waals surface area (Å²) >= 11 is 0. The van der Waals surface area contributed by atoms with Gasteiger partial charge in [0, 0.05) is 19.7 Å². The van der Waals surface area contributed by atoms with Gasteiger partial charge in [0.05, 0.1) is 13.2 Å². The van der Waals surface area contributed by atoms with Gasteiger partial charge in [-0.15, -0.1) is 5.10 Å². The maximum absolute atomic E-state index is 13.8. The molecule has 1 atom stereocenters. The van der Waals surface area contributed by atoms with E-state index < -0.39 is 0 Å². The van der Waals surface area contributed by atoms with Crippen LogP contribution >= 0.6 is 0 Å². The van der Waals surface area contributed by atoms with Gasteiger partial charge in [-0.2, -0.15) is 0 Å². The Morgan fingerprint density at radius 1 is 1.48 bits per heavy atom. The SMILES string of the molecule is COc1ccc(CCNC(=O)NC(C)c2nnnn2C)c(F)c1. The molecule has 23 heavy (non-hydrogen) atoms. The molecule has 1 unspecified atom stereocenters. The van der Waals surface area contributed by atoms with Gasteiger partial charge in [0.2, 0.25) is 0 Å². The van der Waals surface area contributed by atoms with E-state index in [1.807, 2.05) is 0 Å². The highest BCUT2D eigenvalue weighted by Gasteiger charge is 2.14. The molecule has 0 aliphatic rings. The van der Waals surface area contributed by atoms with Gasteiger partial charge in [0.25, 0.3) is 0 Å². The Hall–Kier alpha value is -2.71. The highest BCUT2D eigenvalue weighted by Crippen LogP contribution is 2.16. The van der Waals surface area contributed by atoms with Crippen LogP contribution in [0.1, 0.15) is 24.4 Å². The lowest BCUT2D eigenvalue weighted by Gasteiger charge is -2.13. The van der Waals surface area contributed by atoms with Gasteiger partial charge in [-0.1, -0.05) is 6.07 Å². The molecule has 1 aromatic carbocycles. The molecule has 2 aromatic rings. The van der Waals surface area contributed by atoms with Crippen molar-refractivity contribution in [2.75, 3.05) is 13.7 Å². The fraction of sp³-hybridized carbons (Fsp3) is 0.429. The average molecular weight is 322 g/mol. The summed E-state index contributed by atoms with van der Waals surface area (Å²) in [5.74, 6) is 0.648. The van der Waals surface area contributed by atoms with Crippen molar-refractivity contribution < 1.29 is 13.9 Å². The van der Waals surface area contributed by atoms with Crippen LogP contribution in [0.2, 0.25) is 0 Å². The number of aryl methyl sites for hydroxylation is 1. The zero-order valence-corrected chi connectivity index (χ0v) is 13.2. The van der Waals surface area contributed by atoms with Crippen LogP contribution in [0, 0.1) is 5.82 Å². The van der Waals surface area contributed by atoms with Crippen molar-refractivity contribution in [3.05, 3.63) is 35.4 Å². The molecular formula is C14H19FN6O2. The van der Waals surface area contributed by atoms with Gasteiger partial charge in [0.1, 0.15) is 11.6 Å². The number of halogens is 1. The van der Waals surface area contributed by atoms with Crippen molar-refractivity contribution in [2.45, 2.75) is 19.4 Å². The maximum Gasteiger partial charge on any atom is 0.315 e. The lowest BCUT2D eigenvalue weighted by molar-refractivity contribution is 0.237. The van der Waals surface area contributed by atoms with Crippen molar-refractivity contribution >= 4 is 6.03 Å². The van der Waals surface area contributed by atoms with E-state index in [1.165, 1.54) is 17.9 Å². The molecule has 2 N–H and O–H groups in total. The smallest absolute Gasteiger partial charge is 0.315 e. The fourth-order valence-electron chi connectivity index (χ4n) is 2.08. The molecule has 1 aromatic heterocycles. The van der Waals surface area contributed by atoms with Crippen LogP contribution in [0.5, 0.6) is 5.75 Å². The average Bonchev–Trinajstić information content (AvgIpc) is 2.95. The minimum absolute atomic E-state index is 0.304. The Morgan fingerprint density at radius 3 is 2.87 bits per heavy atom. The van der Waals surface area contributed by atoms with Crippen LogP contribution < -0.4 is 15.4 Å². The number of rotatable bonds is 6. The van der Waals surface area contributed by atoms with E-state index in [0.717, 1.165) is 0 Å². The van der Waals surface area contributed by atoms with E-state index in [1.54, 1.807) is 26.1 Å². The third-order valence-electron chi connectivity index (χ3n) is 3.33. The molecule has 0 aliphatic heterocycles. The predicted molar refractivity (Wildman–Crippen MR) is 80.4 cm³/mol. The third-order valence-corrected chi connectivity index (χ3v) is 3.33. The lowest BCUT2D eigenvalue weighted by Crippen LogP contribution is -2.38. The standard InChI is InChI=1S/C14H19FN6O2/c1-9(13-18-19-20-21(13)2)17-14(22)16-7-6-10-4-5-11(23-3)8-12(10)15/h4-5,8-9H,6-7H2,1-3H3,(H2,16,17,22). The van der Waals surface area contributed by atoms with E-state index in [4.69, 9.17) is 4.74 Å². The van der Waals surface area contributed by atoms with Crippen molar-refractivity contribution in [1.29, 1.82) is 0 Å². The van der Waals surface area contributed by atoms with Crippen LogP contribution in [0.3, 0.4) is 0 Å². The Labute approximate surface area is 133 Å². The molecule has 8 nitrogen and oxygen atoms in total. The summed E-state index contributed by atoms with van der Waals surface area (Å²) in [5, 5.41) is 16.4. The topological polar surface area (TPSA) is 94.0 Å². The Kier molecular flexibility index (Phi) is 5.45. The number of nitrogens with one attached hydrogen (secondary N) is 2. The maximum atomic E-state index is 13.8. The summed E-state index contributed by atoms with van der Waals surface area (Å²) in [6, 6.07) is 3.93. The highest BCUT2D eigenvalue weighted by atomic mass is 19.1. The normalized spacial score (nSPS) is 11.8. The van der Waals surface area contributed by atoms with Crippen LogP contribution in [0.4, 0.5) is 9.18 Å². The summed E-state index contributed by atoms with van der Waals surface area (Å²) in [4.78, 5) is 11.8. The molecule has 0 aliphatic carbocycles. The second-order valence-corrected chi connectivity index (χ2v) is 4.99. The lowest BCUT2D eigenvalue weighted by atomic mass is 10.1. The fourth-order valence-corrected chi connectivity index (χ4v) is 2.08. The number of nitrogens with zero attached hydrogens (tertiary/aromatic N) is 4. The first-order valence-electron chi connectivity index (χ1n) is 7.10. The first kappa shape index (κ1) is 16.7. The Balaban J connectivity index is 1.80. The van der Waals surface area contributed by atoms with Crippen LogP contribution in [-0.2, 0) is 13.5 Å². The molecular weight excluding hydrogens is 303 g/mol.